The number of urea groups is 1. The summed E-state index contributed by atoms with van der Waals surface area (Å²) in [6.07, 6.45) is 0. The lowest BCUT2D eigenvalue weighted by molar-refractivity contribution is -0.123. The fourth-order valence-corrected chi connectivity index (χ4v) is 5.53. The van der Waals surface area contributed by atoms with Crippen molar-refractivity contribution in [2.75, 3.05) is 38.0 Å². The SMILES string of the molecule is CCNC(=O)N1CCSC12C(=O)N(Cc1cccc(OC)c1)c1ccc(OC)cc12. The van der Waals surface area contributed by atoms with Crippen molar-refractivity contribution >= 4 is 29.4 Å². The van der Waals surface area contributed by atoms with E-state index in [1.54, 1.807) is 24.0 Å². The van der Waals surface area contributed by atoms with Gasteiger partial charge >= 0.3 is 6.03 Å². The number of methoxy groups -OCH3 is 2. The third-order valence-electron chi connectivity index (χ3n) is 5.45. The molecule has 1 unspecified atom stereocenters. The van der Waals surface area contributed by atoms with Crippen LogP contribution in [-0.2, 0) is 16.2 Å². The Morgan fingerprint density at radius 2 is 1.93 bits per heavy atom. The van der Waals surface area contributed by atoms with Crippen LogP contribution in [0.15, 0.2) is 42.5 Å². The maximum atomic E-state index is 13.9. The molecular formula is C22H25N3O4S. The van der Waals surface area contributed by atoms with Gasteiger partial charge in [0.05, 0.1) is 26.5 Å². The first-order chi connectivity index (χ1) is 14.5. The van der Waals surface area contributed by atoms with E-state index in [4.69, 9.17) is 9.47 Å². The highest BCUT2D eigenvalue weighted by Gasteiger charge is 2.59. The molecule has 0 saturated carbocycles. The van der Waals surface area contributed by atoms with E-state index in [0.717, 1.165) is 22.6 Å². The molecule has 0 radical (unpaired) electrons. The Bertz CT molecular complexity index is 983. The summed E-state index contributed by atoms with van der Waals surface area (Å²) >= 11 is 1.50. The van der Waals surface area contributed by atoms with Gasteiger partial charge in [-0.05, 0) is 42.8 Å². The highest BCUT2D eigenvalue weighted by atomic mass is 32.2. The highest BCUT2D eigenvalue weighted by Crippen LogP contribution is 2.55. The van der Waals surface area contributed by atoms with Gasteiger partial charge in [-0.25, -0.2) is 4.79 Å². The van der Waals surface area contributed by atoms with E-state index in [9.17, 15) is 9.59 Å². The summed E-state index contributed by atoms with van der Waals surface area (Å²) in [5.74, 6) is 1.98. The lowest BCUT2D eigenvalue weighted by atomic mass is 10.1. The van der Waals surface area contributed by atoms with Crippen LogP contribution < -0.4 is 19.7 Å². The van der Waals surface area contributed by atoms with Crippen LogP contribution in [0.25, 0.3) is 0 Å². The fraction of sp³-hybridized carbons (Fsp3) is 0.364. The first-order valence-electron chi connectivity index (χ1n) is 9.88. The lowest BCUT2D eigenvalue weighted by Crippen LogP contribution is -2.53. The van der Waals surface area contributed by atoms with E-state index < -0.39 is 4.87 Å². The molecule has 3 amide bonds. The molecule has 1 atom stereocenters. The second kappa shape index (κ2) is 8.10. The minimum atomic E-state index is -1.08. The van der Waals surface area contributed by atoms with Gasteiger partial charge < -0.3 is 19.7 Å². The molecule has 7 nitrogen and oxygen atoms in total. The molecule has 0 aliphatic carbocycles. The minimum Gasteiger partial charge on any atom is -0.497 e. The summed E-state index contributed by atoms with van der Waals surface area (Å²) in [6.45, 7) is 3.27. The quantitative estimate of drug-likeness (QED) is 0.794. The molecule has 0 aromatic heterocycles. The average molecular weight is 428 g/mol. The Kier molecular flexibility index (Phi) is 5.51. The minimum absolute atomic E-state index is 0.109. The van der Waals surface area contributed by atoms with Gasteiger partial charge in [0.25, 0.3) is 5.91 Å². The van der Waals surface area contributed by atoms with Crippen molar-refractivity contribution in [3.05, 3.63) is 53.6 Å². The number of carbonyl (C=O) groups excluding carboxylic acids is 2. The highest BCUT2D eigenvalue weighted by molar-refractivity contribution is 8.01. The van der Waals surface area contributed by atoms with Gasteiger partial charge in [-0.15, -0.1) is 11.8 Å². The summed E-state index contributed by atoms with van der Waals surface area (Å²) in [7, 11) is 3.22. The van der Waals surface area contributed by atoms with Crippen molar-refractivity contribution in [1.82, 2.24) is 10.2 Å². The number of hydrogen-bond donors (Lipinski definition) is 1. The maximum Gasteiger partial charge on any atom is 0.319 e. The predicted octanol–water partition coefficient (Wildman–Crippen LogP) is 3.18. The van der Waals surface area contributed by atoms with Crippen LogP contribution in [0.5, 0.6) is 11.5 Å². The molecule has 8 heteroatoms. The number of amides is 3. The van der Waals surface area contributed by atoms with Crippen LogP contribution in [0.3, 0.4) is 0 Å². The van der Waals surface area contributed by atoms with Gasteiger partial charge in [0.15, 0.2) is 4.87 Å². The van der Waals surface area contributed by atoms with Crippen LogP contribution in [0.2, 0.25) is 0 Å². The molecule has 158 valence electrons. The number of nitrogens with one attached hydrogen (secondary N) is 1. The summed E-state index contributed by atoms with van der Waals surface area (Å²) in [4.78, 5) is 29.1. The zero-order chi connectivity index (χ0) is 21.3. The molecule has 1 N–H and O–H groups in total. The van der Waals surface area contributed by atoms with Gasteiger partial charge in [0, 0.05) is 24.4 Å². The average Bonchev–Trinajstić information content (AvgIpc) is 3.31. The Balaban J connectivity index is 1.79. The van der Waals surface area contributed by atoms with Crippen LogP contribution >= 0.6 is 11.8 Å². The number of rotatable bonds is 5. The molecule has 2 aliphatic heterocycles. The summed E-state index contributed by atoms with van der Waals surface area (Å²) < 4.78 is 10.8. The van der Waals surface area contributed by atoms with Crippen LogP contribution in [-0.4, -0.2) is 49.9 Å². The monoisotopic (exact) mass is 427 g/mol. The molecule has 1 saturated heterocycles. The number of nitrogens with zero attached hydrogens (tertiary/aromatic N) is 2. The number of thioether (sulfide) groups is 1. The second-order valence-corrected chi connectivity index (χ2v) is 8.39. The number of hydrogen-bond acceptors (Lipinski definition) is 5. The van der Waals surface area contributed by atoms with Gasteiger partial charge in [-0.1, -0.05) is 12.1 Å². The largest absolute Gasteiger partial charge is 0.497 e. The van der Waals surface area contributed by atoms with Crippen LogP contribution in [0.1, 0.15) is 18.1 Å². The lowest BCUT2D eigenvalue weighted by Gasteiger charge is -2.33. The third kappa shape index (κ3) is 3.15. The van der Waals surface area contributed by atoms with E-state index in [-0.39, 0.29) is 11.9 Å². The van der Waals surface area contributed by atoms with Crippen LogP contribution in [0, 0.1) is 0 Å². The van der Waals surface area contributed by atoms with E-state index in [1.165, 1.54) is 11.8 Å². The van der Waals surface area contributed by atoms with Crippen molar-refractivity contribution in [3.63, 3.8) is 0 Å². The molecule has 30 heavy (non-hydrogen) atoms. The van der Waals surface area contributed by atoms with Gasteiger partial charge in [-0.3, -0.25) is 9.69 Å². The Hall–Kier alpha value is -2.87. The number of ether oxygens (including phenoxy) is 2. The Morgan fingerprint density at radius 1 is 1.17 bits per heavy atom. The zero-order valence-electron chi connectivity index (χ0n) is 17.3. The number of fused-ring (bicyclic) bond motifs is 2. The summed E-state index contributed by atoms with van der Waals surface area (Å²) in [5, 5.41) is 2.85. The van der Waals surface area contributed by atoms with Gasteiger partial charge in [-0.2, -0.15) is 0 Å². The van der Waals surface area contributed by atoms with Crippen molar-refractivity contribution in [2.45, 2.75) is 18.3 Å². The number of anilines is 1. The predicted molar refractivity (Wildman–Crippen MR) is 117 cm³/mol. The van der Waals surface area contributed by atoms with Crippen molar-refractivity contribution in [3.8, 4) is 11.5 Å². The van der Waals surface area contributed by atoms with E-state index in [2.05, 4.69) is 5.32 Å². The smallest absolute Gasteiger partial charge is 0.319 e. The van der Waals surface area contributed by atoms with Crippen LogP contribution in [0.4, 0.5) is 10.5 Å². The van der Waals surface area contributed by atoms with Gasteiger partial charge in [0.1, 0.15) is 11.5 Å². The molecule has 1 fully saturated rings. The molecule has 2 heterocycles. The van der Waals surface area contributed by atoms with Crippen molar-refractivity contribution < 1.29 is 19.1 Å². The van der Waals surface area contributed by atoms with Gasteiger partial charge in [0.2, 0.25) is 0 Å². The molecule has 0 bridgehead atoms. The molecule has 4 rings (SSSR count). The first kappa shape index (κ1) is 20.4. The number of carbonyl (C=O) groups is 2. The fourth-order valence-electron chi connectivity index (χ4n) is 4.08. The maximum absolute atomic E-state index is 13.9. The topological polar surface area (TPSA) is 71.1 Å². The van der Waals surface area contributed by atoms with E-state index in [0.29, 0.717) is 31.1 Å². The third-order valence-corrected chi connectivity index (χ3v) is 6.87. The molecule has 1 spiro atoms. The Labute approximate surface area is 180 Å². The zero-order valence-corrected chi connectivity index (χ0v) is 18.1. The second-order valence-electron chi connectivity index (χ2n) is 7.11. The van der Waals surface area contributed by atoms with Crippen molar-refractivity contribution in [1.29, 1.82) is 0 Å². The van der Waals surface area contributed by atoms with E-state index >= 15 is 0 Å². The normalized spacial score (nSPS) is 19.9. The molecule has 2 aromatic carbocycles. The molecule has 2 aromatic rings. The first-order valence-corrected chi connectivity index (χ1v) is 10.9. The molecular weight excluding hydrogens is 402 g/mol. The standard InChI is InChI=1S/C22H25N3O4S/c1-4-23-21(27)25-10-11-30-22(25)18-13-17(29-3)8-9-19(18)24(20(22)26)14-15-6-5-7-16(12-15)28-2/h5-9,12-13H,4,10-11,14H2,1-3H3,(H,23,27). The summed E-state index contributed by atoms with van der Waals surface area (Å²) in [6, 6.07) is 13.1. The summed E-state index contributed by atoms with van der Waals surface area (Å²) in [5.41, 5.74) is 2.55. The Morgan fingerprint density at radius 3 is 2.67 bits per heavy atom. The van der Waals surface area contributed by atoms with E-state index in [1.807, 2.05) is 49.4 Å². The van der Waals surface area contributed by atoms with Crippen molar-refractivity contribution in [2.24, 2.45) is 0 Å². The number of benzene rings is 2. The molecule has 2 aliphatic rings.